The molecule has 16 heavy (non-hydrogen) atoms. The molecule has 0 aliphatic heterocycles. The number of rotatable bonds is 2. The first kappa shape index (κ1) is 11.0. The van der Waals surface area contributed by atoms with Crippen LogP contribution in [0.3, 0.4) is 0 Å². The van der Waals surface area contributed by atoms with Gasteiger partial charge in [0.25, 0.3) is 0 Å². The molecule has 2 N–H and O–H groups in total. The Labute approximate surface area is 97.7 Å². The van der Waals surface area contributed by atoms with Crippen molar-refractivity contribution in [3.05, 3.63) is 54.1 Å². The molecule has 0 saturated heterocycles. The molecule has 0 bridgehead atoms. The number of nitrogens with two attached hydrogens (primary N) is 1. The Hall–Kier alpha value is -1.45. The highest BCUT2D eigenvalue weighted by Crippen LogP contribution is 2.20. The molecule has 0 fully saturated rings. The van der Waals surface area contributed by atoms with Crippen LogP contribution in [0.1, 0.15) is 5.56 Å². The highest BCUT2D eigenvalue weighted by molar-refractivity contribution is 7.82. The molecule has 1 atom stereocenters. The van der Waals surface area contributed by atoms with Crippen molar-refractivity contribution in [3.63, 3.8) is 0 Å². The molecule has 0 amide bonds. The summed E-state index contributed by atoms with van der Waals surface area (Å²) in [5.41, 5.74) is 3.50. The summed E-state index contributed by atoms with van der Waals surface area (Å²) in [6, 6.07) is 15.8. The Balaban J connectivity index is 2.34. The van der Waals surface area contributed by atoms with Crippen LogP contribution < -0.4 is 5.14 Å². The van der Waals surface area contributed by atoms with Crippen molar-refractivity contribution in [2.24, 2.45) is 5.14 Å². The van der Waals surface area contributed by atoms with Crippen LogP contribution in [-0.4, -0.2) is 4.21 Å². The Morgan fingerprint density at radius 2 is 1.31 bits per heavy atom. The van der Waals surface area contributed by atoms with E-state index in [0.717, 1.165) is 11.1 Å². The Morgan fingerprint density at radius 1 is 0.875 bits per heavy atom. The molecule has 0 saturated carbocycles. The third kappa shape index (κ3) is 2.38. The maximum Gasteiger partial charge on any atom is 0.122 e. The lowest BCUT2D eigenvalue weighted by Gasteiger charge is -2.03. The van der Waals surface area contributed by atoms with E-state index in [1.165, 1.54) is 5.56 Å². The highest BCUT2D eigenvalue weighted by atomic mass is 32.2. The number of hydrogen-bond donors (Lipinski definition) is 1. The van der Waals surface area contributed by atoms with Crippen LogP contribution in [0.25, 0.3) is 11.1 Å². The predicted molar refractivity (Wildman–Crippen MR) is 67.2 cm³/mol. The van der Waals surface area contributed by atoms with Gasteiger partial charge in [-0.25, -0.2) is 9.35 Å². The van der Waals surface area contributed by atoms with E-state index in [1.54, 1.807) is 12.1 Å². The zero-order valence-corrected chi connectivity index (χ0v) is 9.83. The van der Waals surface area contributed by atoms with Crippen molar-refractivity contribution in [3.8, 4) is 11.1 Å². The van der Waals surface area contributed by atoms with Gasteiger partial charge in [0.1, 0.15) is 11.0 Å². The predicted octanol–water partition coefficient (Wildman–Crippen LogP) is 2.64. The fourth-order valence-corrected chi connectivity index (χ4v) is 1.93. The molecule has 2 aromatic carbocycles. The van der Waals surface area contributed by atoms with E-state index in [4.69, 9.17) is 5.14 Å². The number of benzene rings is 2. The highest BCUT2D eigenvalue weighted by Gasteiger charge is 2.00. The molecule has 1 unspecified atom stereocenters. The molecule has 0 aromatic heterocycles. The van der Waals surface area contributed by atoms with Crippen LogP contribution in [-0.2, 0) is 11.0 Å². The summed E-state index contributed by atoms with van der Waals surface area (Å²) < 4.78 is 11.0. The van der Waals surface area contributed by atoms with Gasteiger partial charge in [-0.05, 0) is 30.2 Å². The second kappa shape index (κ2) is 4.60. The van der Waals surface area contributed by atoms with Gasteiger partial charge in [-0.15, -0.1) is 0 Å². The minimum Gasteiger partial charge on any atom is -0.248 e. The third-order valence-electron chi connectivity index (χ3n) is 2.47. The molecule has 0 spiro atoms. The molecule has 3 heteroatoms. The summed E-state index contributed by atoms with van der Waals surface area (Å²) in [6.07, 6.45) is 0. The summed E-state index contributed by atoms with van der Waals surface area (Å²) in [6.45, 7) is 2.06. The molecule has 2 rings (SSSR count). The second-order valence-corrected chi connectivity index (χ2v) is 4.75. The standard InChI is InChI=1S/C13H13NOS/c1-10-2-4-11(5-3-10)12-6-8-13(9-7-12)16(14)15/h2-9H,14H2,1H3. The minimum atomic E-state index is -1.40. The van der Waals surface area contributed by atoms with E-state index in [0.29, 0.717) is 4.90 Å². The third-order valence-corrected chi connectivity index (χ3v) is 3.21. The lowest BCUT2D eigenvalue weighted by molar-refractivity contribution is 0.684. The topological polar surface area (TPSA) is 43.1 Å². The normalized spacial score (nSPS) is 12.4. The summed E-state index contributed by atoms with van der Waals surface area (Å²) in [5, 5.41) is 5.29. The van der Waals surface area contributed by atoms with Crippen molar-refractivity contribution in [1.29, 1.82) is 0 Å². The SMILES string of the molecule is Cc1ccc(-c2ccc(S(N)=O)cc2)cc1. The van der Waals surface area contributed by atoms with Crippen molar-refractivity contribution >= 4 is 11.0 Å². The minimum absolute atomic E-state index is 0.649. The molecule has 2 aromatic rings. The molecular formula is C13H13NOS. The largest absolute Gasteiger partial charge is 0.248 e. The first-order valence-corrected chi connectivity index (χ1v) is 6.21. The van der Waals surface area contributed by atoms with Crippen LogP contribution in [0.4, 0.5) is 0 Å². The Morgan fingerprint density at radius 3 is 1.75 bits per heavy atom. The van der Waals surface area contributed by atoms with Crippen molar-refractivity contribution in [1.82, 2.24) is 0 Å². The summed E-state index contributed by atoms with van der Waals surface area (Å²) in [7, 11) is -1.40. The van der Waals surface area contributed by atoms with E-state index in [1.807, 2.05) is 12.1 Å². The number of hydrogen-bond acceptors (Lipinski definition) is 1. The molecule has 82 valence electrons. The zero-order valence-electron chi connectivity index (χ0n) is 9.01. The number of aryl methyl sites for hydroxylation is 1. The average molecular weight is 231 g/mol. The van der Waals surface area contributed by atoms with E-state index in [-0.39, 0.29) is 0 Å². The van der Waals surface area contributed by atoms with Gasteiger partial charge in [-0.1, -0.05) is 42.0 Å². The first-order chi connectivity index (χ1) is 7.66. The maximum atomic E-state index is 11.0. The quantitative estimate of drug-likeness (QED) is 0.848. The van der Waals surface area contributed by atoms with Crippen molar-refractivity contribution in [2.75, 3.05) is 0 Å². The van der Waals surface area contributed by atoms with E-state index in [9.17, 15) is 4.21 Å². The van der Waals surface area contributed by atoms with Gasteiger partial charge in [0, 0.05) is 0 Å². The molecule has 0 aliphatic rings. The lowest BCUT2D eigenvalue weighted by atomic mass is 10.0. The Bertz CT molecular complexity index is 502. The van der Waals surface area contributed by atoms with Crippen LogP contribution in [0.15, 0.2) is 53.4 Å². The second-order valence-electron chi connectivity index (χ2n) is 3.69. The maximum absolute atomic E-state index is 11.0. The summed E-state index contributed by atoms with van der Waals surface area (Å²) in [4.78, 5) is 0.649. The first-order valence-electron chi connectivity index (χ1n) is 5.00. The fourth-order valence-electron chi connectivity index (χ4n) is 1.53. The summed E-state index contributed by atoms with van der Waals surface area (Å²) in [5.74, 6) is 0. The summed E-state index contributed by atoms with van der Waals surface area (Å²) >= 11 is 0. The van der Waals surface area contributed by atoms with Crippen LogP contribution >= 0.6 is 0 Å². The molecule has 2 nitrogen and oxygen atoms in total. The van der Waals surface area contributed by atoms with E-state index >= 15 is 0 Å². The van der Waals surface area contributed by atoms with Crippen LogP contribution in [0.5, 0.6) is 0 Å². The molecule has 0 heterocycles. The molecule has 0 aliphatic carbocycles. The zero-order chi connectivity index (χ0) is 11.5. The van der Waals surface area contributed by atoms with Crippen LogP contribution in [0, 0.1) is 6.92 Å². The Kier molecular flexibility index (Phi) is 3.17. The molecular weight excluding hydrogens is 218 g/mol. The van der Waals surface area contributed by atoms with Gasteiger partial charge in [0.15, 0.2) is 0 Å². The van der Waals surface area contributed by atoms with Gasteiger partial charge in [0.2, 0.25) is 0 Å². The van der Waals surface area contributed by atoms with Gasteiger partial charge in [-0.3, -0.25) is 0 Å². The lowest BCUT2D eigenvalue weighted by Crippen LogP contribution is -2.01. The van der Waals surface area contributed by atoms with Gasteiger partial charge >= 0.3 is 0 Å². The van der Waals surface area contributed by atoms with Gasteiger partial charge in [-0.2, -0.15) is 0 Å². The van der Waals surface area contributed by atoms with E-state index < -0.39 is 11.0 Å². The van der Waals surface area contributed by atoms with E-state index in [2.05, 4.69) is 31.2 Å². The van der Waals surface area contributed by atoms with Gasteiger partial charge in [0.05, 0.1) is 4.90 Å². The van der Waals surface area contributed by atoms with Crippen LogP contribution in [0.2, 0.25) is 0 Å². The average Bonchev–Trinajstić information content (AvgIpc) is 2.30. The van der Waals surface area contributed by atoms with Gasteiger partial charge < -0.3 is 0 Å². The monoisotopic (exact) mass is 231 g/mol. The molecule has 0 radical (unpaired) electrons. The fraction of sp³-hybridized carbons (Fsp3) is 0.0769. The van der Waals surface area contributed by atoms with Crippen molar-refractivity contribution < 1.29 is 4.21 Å². The smallest absolute Gasteiger partial charge is 0.122 e. The van der Waals surface area contributed by atoms with Crippen molar-refractivity contribution in [2.45, 2.75) is 11.8 Å².